The number of nitrogens with two attached hydrogens (primary N) is 1. The van der Waals surface area contributed by atoms with E-state index in [9.17, 15) is 9.59 Å². The molecule has 0 unspecified atom stereocenters. The van der Waals surface area contributed by atoms with E-state index >= 15 is 0 Å². The number of rotatable bonds is 4. The minimum Gasteiger partial charge on any atom is -0.367 e. The molecule has 1 aromatic heterocycles. The van der Waals surface area contributed by atoms with E-state index < -0.39 is 11.4 Å². The van der Waals surface area contributed by atoms with Crippen LogP contribution in [0.3, 0.4) is 0 Å². The van der Waals surface area contributed by atoms with Gasteiger partial charge in [0, 0.05) is 16.6 Å². The van der Waals surface area contributed by atoms with Crippen molar-refractivity contribution in [3.05, 3.63) is 77.5 Å². The highest BCUT2D eigenvalue weighted by molar-refractivity contribution is 6.01. The van der Waals surface area contributed by atoms with Gasteiger partial charge in [-0.25, -0.2) is 0 Å². The Hall–Kier alpha value is -3.21. The minimum absolute atomic E-state index is 0.368. The van der Waals surface area contributed by atoms with Crippen LogP contribution in [0.4, 0.5) is 0 Å². The molecule has 5 nitrogen and oxygen atoms in total. The van der Waals surface area contributed by atoms with Crippen molar-refractivity contribution in [1.82, 2.24) is 10.3 Å². The zero-order valence-corrected chi connectivity index (χ0v) is 14.1. The molecule has 0 spiro atoms. The van der Waals surface area contributed by atoms with E-state index in [0.717, 1.165) is 16.6 Å². The summed E-state index contributed by atoms with van der Waals surface area (Å²) in [6.07, 6.45) is 0. The van der Waals surface area contributed by atoms with Crippen LogP contribution in [-0.2, 0) is 10.3 Å². The summed E-state index contributed by atoms with van der Waals surface area (Å²) in [4.78, 5) is 29.2. The van der Waals surface area contributed by atoms with Crippen LogP contribution in [0.1, 0.15) is 28.5 Å². The SMILES string of the molecule is Cc1ccc2cc(C(=O)N[C@@](C)(C(N)=O)c3ccccc3)ccc2n1. The second kappa shape index (κ2) is 6.36. The fourth-order valence-corrected chi connectivity index (χ4v) is 2.72. The maximum absolute atomic E-state index is 12.7. The first-order chi connectivity index (χ1) is 11.9. The fourth-order valence-electron chi connectivity index (χ4n) is 2.72. The number of carbonyl (C=O) groups excluding carboxylic acids is 2. The van der Waals surface area contributed by atoms with E-state index in [-0.39, 0.29) is 5.91 Å². The molecular weight excluding hydrogens is 314 g/mol. The van der Waals surface area contributed by atoms with E-state index in [1.165, 1.54) is 0 Å². The van der Waals surface area contributed by atoms with Crippen molar-refractivity contribution in [3.8, 4) is 0 Å². The molecule has 0 saturated heterocycles. The van der Waals surface area contributed by atoms with Gasteiger partial charge in [-0.3, -0.25) is 14.6 Å². The van der Waals surface area contributed by atoms with Crippen LogP contribution in [0, 0.1) is 6.92 Å². The molecular formula is C20H19N3O2. The van der Waals surface area contributed by atoms with Crippen molar-refractivity contribution in [3.63, 3.8) is 0 Å². The van der Waals surface area contributed by atoms with Gasteiger partial charge < -0.3 is 11.1 Å². The molecule has 0 fully saturated rings. The number of hydrogen-bond acceptors (Lipinski definition) is 3. The van der Waals surface area contributed by atoms with Gasteiger partial charge in [-0.15, -0.1) is 0 Å². The zero-order valence-electron chi connectivity index (χ0n) is 14.1. The molecule has 1 atom stereocenters. The minimum atomic E-state index is -1.29. The lowest BCUT2D eigenvalue weighted by Gasteiger charge is -2.28. The normalized spacial score (nSPS) is 13.2. The lowest BCUT2D eigenvalue weighted by molar-refractivity contribution is -0.123. The third-order valence-corrected chi connectivity index (χ3v) is 4.30. The van der Waals surface area contributed by atoms with Crippen molar-refractivity contribution in [2.75, 3.05) is 0 Å². The molecule has 5 heteroatoms. The van der Waals surface area contributed by atoms with E-state index in [0.29, 0.717) is 11.1 Å². The van der Waals surface area contributed by atoms with E-state index in [2.05, 4.69) is 10.3 Å². The third kappa shape index (κ3) is 3.21. The van der Waals surface area contributed by atoms with Gasteiger partial charge in [-0.2, -0.15) is 0 Å². The average Bonchev–Trinajstić information content (AvgIpc) is 2.61. The Bertz CT molecular complexity index is 954. The fraction of sp³-hybridized carbons (Fsp3) is 0.150. The van der Waals surface area contributed by atoms with Gasteiger partial charge in [0.05, 0.1) is 5.52 Å². The Kier molecular flexibility index (Phi) is 4.23. The van der Waals surface area contributed by atoms with E-state index in [4.69, 9.17) is 5.73 Å². The number of primary amides is 1. The summed E-state index contributed by atoms with van der Waals surface area (Å²) in [7, 11) is 0. The number of aryl methyl sites for hydroxylation is 1. The van der Waals surface area contributed by atoms with Crippen LogP contribution in [0.5, 0.6) is 0 Å². The van der Waals surface area contributed by atoms with Crippen molar-refractivity contribution < 1.29 is 9.59 Å². The molecule has 0 aliphatic carbocycles. The van der Waals surface area contributed by atoms with Crippen LogP contribution in [0.15, 0.2) is 60.7 Å². The second-order valence-corrected chi connectivity index (χ2v) is 6.17. The summed E-state index contributed by atoms with van der Waals surface area (Å²) in [6.45, 7) is 3.52. The predicted octanol–water partition coefficient (Wildman–Crippen LogP) is 2.67. The number of hydrogen-bond donors (Lipinski definition) is 2. The maximum atomic E-state index is 12.7. The molecule has 3 N–H and O–H groups in total. The number of pyridine rings is 1. The predicted molar refractivity (Wildman–Crippen MR) is 96.9 cm³/mol. The van der Waals surface area contributed by atoms with Crippen LogP contribution in [0.25, 0.3) is 10.9 Å². The molecule has 0 aliphatic heterocycles. The third-order valence-electron chi connectivity index (χ3n) is 4.30. The first-order valence-electron chi connectivity index (χ1n) is 7.95. The lowest BCUT2D eigenvalue weighted by Crippen LogP contribution is -2.52. The number of benzene rings is 2. The smallest absolute Gasteiger partial charge is 0.252 e. The number of nitrogens with zero attached hydrogens (tertiary/aromatic N) is 1. The van der Waals surface area contributed by atoms with E-state index in [1.54, 1.807) is 49.4 Å². The summed E-state index contributed by atoms with van der Waals surface area (Å²) in [6, 6.07) is 18.0. The second-order valence-electron chi connectivity index (χ2n) is 6.17. The monoisotopic (exact) mass is 333 g/mol. The topological polar surface area (TPSA) is 85.1 Å². The number of amides is 2. The molecule has 126 valence electrons. The Morgan fingerprint density at radius 2 is 1.76 bits per heavy atom. The van der Waals surface area contributed by atoms with Crippen LogP contribution in [-0.4, -0.2) is 16.8 Å². The van der Waals surface area contributed by atoms with Crippen LogP contribution < -0.4 is 11.1 Å². The Balaban J connectivity index is 1.94. The molecule has 1 heterocycles. The van der Waals surface area contributed by atoms with Crippen molar-refractivity contribution in [2.24, 2.45) is 5.73 Å². The van der Waals surface area contributed by atoms with Gasteiger partial charge in [0.2, 0.25) is 5.91 Å². The summed E-state index contributed by atoms with van der Waals surface area (Å²) in [5.41, 5.74) is 7.09. The molecule has 0 bridgehead atoms. The number of nitrogens with one attached hydrogen (secondary N) is 1. The lowest BCUT2D eigenvalue weighted by atomic mass is 9.90. The summed E-state index contributed by atoms with van der Waals surface area (Å²) in [5, 5.41) is 3.63. The largest absolute Gasteiger partial charge is 0.367 e. The van der Waals surface area contributed by atoms with Crippen LogP contribution in [0.2, 0.25) is 0 Å². The Morgan fingerprint density at radius 1 is 1.04 bits per heavy atom. The van der Waals surface area contributed by atoms with Gasteiger partial charge in [0.15, 0.2) is 0 Å². The number of fused-ring (bicyclic) bond motifs is 1. The Morgan fingerprint density at radius 3 is 2.44 bits per heavy atom. The molecule has 3 aromatic rings. The molecule has 25 heavy (non-hydrogen) atoms. The Labute approximate surface area is 145 Å². The van der Waals surface area contributed by atoms with Gasteiger partial charge in [-0.05, 0) is 43.7 Å². The molecule has 2 aromatic carbocycles. The van der Waals surface area contributed by atoms with Crippen LogP contribution >= 0.6 is 0 Å². The van der Waals surface area contributed by atoms with Gasteiger partial charge in [0.25, 0.3) is 5.91 Å². The van der Waals surface area contributed by atoms with Crippen molar-refractivity contribution in [1.29, 1.82) is 0 Å². The first-order valence-corrected chi connectivity index (χ1v) is 7.95. The molecule has 3 rings (SSSR count). The van der Waals surface area contributed by atoms with E-state index in [1.807, 2.05) is 25.1 Å². The average molecular weight is 333 g/mol. The van der Waals surface area contributed by atoms with Crippen molar-refractivity contribution in [2.45, 2.75) is 19.4 Å². The van der Waals surface area contributed by atoms with Gasteiger partial charge in [-0.1, -0.05) is 36.4 Å². The molecule has 0 aliphatic rings. The standard InChI is InChI=1S/C20H19N3O2/c1-13-8-9-14-12-15(10-11-17(14)22-13)18(24)23-20(2,19(21)25)16-6-4-3-5-7-16/h3-12H,1-2H3,(H2,21,25)(H,23,24)/t20-/m1/s1. The maximum Gasteiger partial charge on any atom is 0.252 e. The summed E-state index contributed by atoms with van der Waals surface area (Å²) >= 11 is 0. The highest BCUT2D eigenvalue weighted by Gasteiger charge is 2.35. The molecule has 0 radical (unpaired) electrons. The quantitative estimate of drug-likeness (QED) is 0.770. The number of aromatic nitrogens is 1. The summed E-state index contributed by atoms with van der Waals surface area (Å²) < 4.78 is 0. The van der Waals surface area contributed by atoms with Gasteiger partial charge in [0.1, 0.15) is 5.54 Å². The highest BCUT2D eigenvalue weighted by atomic mass is 16.2. The zero-order chi connectivity index (χ0) is 18.0. The summed E-state index contributed by atoms with van der Waals surface area (Å²) in [5.74, 6) is -0.988. The van der Waals surface area contributed by atoms with Gasteiger partial charge >= 0.3 is 0 Å². The first kappa shape index (κ1) is 16.6. The highest BCUT2D eigenvalue weighted by Crippen LogP contribution is 2.22. The molecule has 2 amide bonds. The molecule has 0 saturated carbocycles. The van der Waals surface area contributed by atoms with Crippen molar-refractivity contribution >= 4 is 22.7 Å². The number of carbonyl (C=O) groups is 2.